The molecule has 0 spiro atoms. The largest absolute Gasteiger partial charge is 0.417 e. The van der Waals surface area contributed by atoms with E-state index in [2.05, 4.69) is 21.2 Å². The smallest absolute Gasteiger partial charge is 0.330 e. The van der Waals surface area contributed by atoms with Crippen molar-refractivity contribution in [3.05, 3.63) is 58.0 Å². The van der Waals surface area contributed by atoms with Gasteiger partial charge in [-0.05, 0) is 19.1 Å². The van der Waals surface area contributed by atoms with Gasteiger partial charge in [0, 0.05) is 18.5 Å². The fourth-order valence-electron chi connectivity index (χ4n) is 3.38. The van der Waals surface area contributed by atoms with Crippen molar-refractivity contribution in [1.29, 1.82) is 0 Å². The number of aromatic amines is 1. The molecule has 3 heterocycles. The van der Waals surface area contributed by atoms with Crippen molar-refractivity contribution in [3.8, 4) is 0 Å². The SMILES string of the molecule is C[C@@H]1CC2=C(CN1C(=O)c1cccc(C(F)(F)F)c1Cl)NNN2c1ccn[nH]1. The van der Waals surface area contributed by atoms with Gasteiger partial charge in [-0.15, -0.1) is 5.53 Å². The Kier molecular flexibility index (Phi) is 4.47. The van der Waals surface area contributed by atoms with Crippen LogP contribution in [-0.4, -0.2) is 33.6 Å². The highest BCUT2D eigenvalue weighted by Gasteiger charge is 2.38. The summed E-state index contributed by atoms with van der Waals surface area (Å²) in [7, 11) is 0. The zero-order valence-corrected chi connectivity index (χ0v) is 15.4. The molecule has 28 heavy (non-hydrogen) atoms. The predicted molar refractivity (Wildman–Crippen MR) is 95.9 cm³/mol. The average molecular weight is 413 g/mol. The molecule has 148 valence electrons. The molecule has 0 saturated heterocycles. The molecule has 0 aliphatic carbocycles. The molecule has 2 aromatic rings. The van der Waals surface area contributed by atoms with Crippen LogP contribution in [0.4, 0.5) is 19.0 Å². The quantitative estimate of drug-likeness (QED) is 0.707. The molecule has 1 amide bonds. The summed E-state index contributed by atoms with van der Waals surface area (Å²) in [6, 6.07) is 4.91. The summed E-state index contributed by atoms with van der Waals surface area (Å²) in [5.41, 5.74) is 6.49. The Hall–Kier alpha value is -2.72. The normalized spacial score (nSPS) is 19.7. The molecule has 2 aliphatic rings. The van der Waals surface area contributed by atoms with Crippen molar-refractivity contribution in [2.75, 3.05) is 11.6 Å². The van der Waals surface area contributed by atoms with Gasteiger partial charge in [0.1, 0.15) is 5.82 Å². The molecular weight excluding hydrogens is 397 g/mol. The van der Waals surface area contributed by atoms with Crippen LogP contribution in [0.1, 0.15) is 29.3 Å². The molecule has 0 radical (unpaired) electrons. The van der Waals surface area contributed by atoms with Crippen LogP contribution in [0, 0.1) is 0 Å². The summed E-state index contributed by atoms with van der Waals surface area (Å²) in [5.74, 6) is 0.183. The van der Waals surface area contributed by atoms with Crippen molar-refractivity contribution >= 4 is 23.3 Å². The lowest BCUT2D eigenvalue weighted by Crippen LogP contribution is -2.44. The number of carbonyl (C=O) groups is 1. The highest BCUT2D eigenvalue weighted by Crippen LogP contribution is 2.37. The number of anilines is 1. The molecule has 3 N–H and O–H groups in total. The van der Waals surface area contributed by atoms with E-state index in [0.717, 1.165) is 23.3 Å². The van der Waals surface area contributed by atoms with Crippen molar-refractivity contribution in [3.63, 3.8) is 0 Å². The standard InChI is InChI=1S/C17H16ClF3N6O/c1-9-7-13-12(23-25-27(13)14-5-6-22-24-14)8-26(9)16(28)10-3-2-4-11(15(10)18)17(19,20)21/h2-6,9,23,25H,7-8H2,1H3,(H,22,24)/t9-/m1/s1. The lowest BCUT2D eigenvalue weighted by Gasteiger charge is -2.35. The summed E-state index contributed by atoms with van der Waals surface area (Å²) in [4.78, 5) is 14.5. The maximum absolute atomic E-state index is 13.1. The molecule has 1 aromatic heterocycles. The fraction of sp³-hybridized carbons (Fsp3) is 0.294. The highest BCUT2D eigenvalue weighted by molar-refractivity contribution is 6.34. The van der Waals surface area contributed by atoms with Crippen molar-refractivity contribution in [2.24, 2.45) is 0 Å². The van der Waals surface area contributed by atoms with E-state index >= 15 is 0 Å². The number of nitrogens with one attached hydrogen (secondary N) is 3. The monoisotopic (exact) mass is 412 g/mol. The van der Waals surface area contributed by atoms with Gasteiger partial charge in [0.15, 0.2) is 0 Å². The van der Waals surface area contributed by atoms with Gasteiger partial charge in [-0.1, -0.05) is 17.7 Å². The Labute approximate surface area is 163 Å². The Morgan fingerprint density at radius 3 is 2.79 bits per heavy atom. The number of rotatable bonds is 2. The molecule has 1 atom stereocenters. The molecule has 0 fully saturated rings. The molecule has 4 rings (SSSR count). The van der Waals surface area contributed by atoms with Crippen LogP contribution in [0.5, 0.6) is 0 Å². The second-order valence-electron chi connectivity index (χ2n) is 6.59. The minimum Gasteiger partial charge on any atom is -0.330 e. The van der Waals surface area contributed by atoms with Crippen LogP contribution in [0.3, 0.4) is 0 Å². The predicted octanol–water partition coefficient (Wildman–Crippen LogP) is 3.06. The molecule has 7 nitrogen and oxygen atoms in total. The summed E-state index contributed by atoms with van der Waals surface area (Å²) in [5, 5.41) is 7.97. The maximum atomic E-state index is 13.1. The second-order valence-corrected chi connectivity index (χ2v) is 6.97. The summed E-state index contributed by atoms with van der Waals surface area (Å²) >= 11 is 5.93. The van der Waals surface area contributed by atoms with Crippen molar-refractivity contribution in [1.82, 2.24) is 26.1 Å². The number of carbonyl (C=O) groups excluding carboxylic acids is 1. The molecule has 2 aliphatic heterocycles. The van der Waals surface area contributed by atoms with Crippen LogP contribution in [0.25, 0.3) is 0 Å². The Morgan fingerprint density at radius 1 is 1.32 bits per heavy atom. The molecular formula is C17H16ClF3N6O. The van der Waals surface area contributed by atoms with Gasteiger partial charge >= 0.3 is 6.18 Å². The molecule has 0 bridgehead atoms. The number of benzene rings is 1. The van der Waals surface area contributed by atoms with Crippen LogP contribution < -0.4 is 16.0 Å². The number of H-pyrrole nitrogens is 1. The van der Waals surface area contributed by atoms with E-state index in [0.29, 0.717) is 6.42 Å². The first-order valence-electron chi connectivity index (χ1n) is 8.47. The zero-order chi connectivity index (χ0) is 20.1. The number of alkyl halides is 3. The van der Waals surface area contributed by atoms with E-state index in [1.807, 2.05) is 6.92 Å². The number of hydrogen-bond donors (Lipinski definition) is 3. The minimum absolute atomic E-state index is 0.163. The third-order valence-corrected chi connectivity index (χ3v) is 5.22. The van der Waals surface area contributed by atoms with Gasteiger partial charge in [0.25, 0.3) is 5.91 Å². The Morgan fingerprint density at radius 2 is 2.11 bits per heavy atom. The number of aromatic nitrogens is 2. The number of hydrogen-bond acceptors (Lipinski definition) is 5. The van der Waals surface area contributed by atoms with E-state index in [-0.39, 0.29) is 18.2 Å². The van der Waals surface area contributed by atoms with E-state index in [1.54, 1.807) is 17.3 Å². The minimum atomic E-state index is -4.63. The van der Waals surface area contributed by atoms with E-state index < -0.39 is 22.7 Å². The second kappa shape index (κ2) is 6.71. The van der Waals surface area contributed by atoms with Gasteiger partial charge in [-0.3, -0.25) is 9.89 Å². The van der Waals surface area contributed by atoms with Gasteiger partial charge in [0.05, 0.1) is 40.3 Å². The van der Waals surface area contributed by atoms with E-state index in [4.69, 9.17) is 11.6 Å². The van der Waals surface area contributed by atoms with Crippen LogP contribution >= 0.6 is 11.6 Å². The molecule has 0 unspecified atom stereocenters. The van der Waals surface area contributed by atoms with Gasteiger partial charge in [-0.2, -0.15) is 18.3 Å². The van der Waals surface area contributed by atoms with E-state index in [1.165, 1.54) is 17.0 Å². The fourth-order valence-corrected chi connectivity index (χ4v) is 3.69. The van der Waals surface area contributed by atoms with Crippen molar-refractivity contribution < 1.29 is 18.0 Å². The number of hydrazine groups is 2. The van der Waals surface area contributed by atoms with Crippen LogP contribution in [0.15, 0.2) is 41.9 Å². The van der Waals surface area contributed by atoms with E-state index in [9.17, 15) is 18.0 Å². The maximum Gasteiger partial charge on any atom is 0.417 e. The van der Waals surface area contributed by atoms with Gasteiger partial charge < -0.3 is 10.3 Å². The Balaban J connectivity index is 1.62. The molecule has 0 saturated carbocycles. The summed E-state index contributed by atoms with van der Waals surface area (Å²) in [6.07, 6.45) is -2.51. The van der Waals surface area contributed by atoms with Gasteiger partial charge in [-0.25, -0.2) is 5.01 Å². The van der Waals surface area contributed by atoms with Crippen molar-refractivity contribution in [2.45, 2.75) is 25.6 Å². The number of halogens is 4. The topological polar surface area (TPSA) is 76.3 Å². The first-order chi connectivity index (χ1) is 13.3. The lowest BCUT2D eigenvalue weighted by atomic mass is 10.0. The summed E-state index contributed by atoms with van der Waals surface area (Å²) < 4.78 is 39.3. The molecule has 1 aromatic carbocycles. The third kappa shape index (κ3) is 3.08. The first kappa shape index (κ1) is 18.6. The Bertz CT molecular complexity index is 943. The molecule has 11 heteroatoms. The van der Waals surface area contributed by atoms with Crippen LogP contribution in [0.2, 0.25) is 5.02 Å². The first-order valence-corrected chi connectivity index (χ1v) is 8.85. The average Bonchev–Trinajstić information content (AvgIpc) is 3.28. The zero-order valence-electron chi connectivity index (χ0n) is 14.6. The van der Waals surface area contributed by atoms with Crippen LogP contribution in [-0.2, 0) is 6.18 Å². The highest BCUT2D eigenvalue weighted by atomic mass is 35.5. The number of nitrogens with zero attached hydrogens (tertiary/aromatic N) is 3. The third-order valence-electron chi connectivity index (χ3n) is 4.81. The van der Waals surface area contributed by atoms with Gasteiger partial charge in [0.2, 0.25) is 0 Å². The summed E-state index contributed by atoms with van der Waals surface area (Å²) in [6.45, 7) is 2.05. The number of amides is 1. The lowest BCUT2D eigenvalue weighted by molar-refractivity contribution is -0.137.